The lowest BCUT2D eigenvalue weighted by molar-refractivity contribution is -0.141. The summed E-state index contributed by atoms with van der Waals surface area (Å²) in [6.07, 6.45) is 0. The molecule has 1 amide bonds. The highest BCUT2D eigenvalue weighted by molar-refractivity contribution is 7.89. The number of nitrogens with zero attached hydrogens (tertiary/aromatic N) is 5. The predicted octanol–water partition coefficient (Wildman–Crippen LogP) is 8.09. The maximum absolute atomic E-state index is 13.8. The Kier molecular flexibility index (Phi) is 18.1. The van der Waals surface area contributed by atoms with Crippen molar-refractivity contribution in [2.45, 2.75) is 49.3 Å². The summed E-state index contributed by atoms with van der Waals surface area (Å²) >= 11 is 3.04. The quantitative estimate of drug-likeness (QED) is 0.121. The van der Waals surface area contributed by atoms with E-state index in [0.29, 0.717) is 24.6 Å². The van der Waals surface area contributed by atoms with Crippen molar-refractivity contribution in [2.24, 2.45) is 11.8 Å². The van der Waals surface area contributed by atoms with Crippen LogP contribution in [0, 0.1) is 39.5 Å². The maximum atomic E-state index is 13.8. The van der Waals surface area contributed by atoms with E-state index in [0.717, 1.165) is 50.4 Å². The molecule has 0 radical (unpaired) electrons. The van der Waals surface area contributed by atoms with Gasteiger partial charge >= 0.3 is 5.97 Å². The fraction of sp³-hybridized carbons (Fsp3) is 0.393. The molecule has 19 heteroatoms. The highest BCUT2D eigenvalue weighted by Crippen LogP contribution is 2.40. The minimum absolute atomic E-state index is 0.0324. The van der Waals surface area contributed by atoms with Crippen LogP contribution in [0.4, 0.5) is 11.4 Å². The molecule has 75 heavy (non-hydrogen) atoms. The molecule has 0 saturated carbocycles. The van der Waals surface area contributed by atoms with E-state index >= 15 is 0 Å². The summed E-state index contributed by atoms with van der Waals surface area (Å²) in [4.78, 5) is 32.5. The van der Waals surface area contributed by atoms with Crippen LogP contribution in [0.2, 0.25) is 0 Å². The topological polar surface area (TPSA) is 169 Å². The molecule has 4 atom stereocenters. The van der Waals surface area contributed by atoms with Crippen LogP contribution in [-0.2, 0) is 29.6 Å². The van der Waals surface area contributed by atoms with E-state index in [1.165, 1.54) is 86.0 Å². The molecule has 0 unspecified atom stereocenters. The van der Waals surface area contributed by atoms with Crippen molar-refractivity contribution in [3.05, 3.63) is 152 Å². The highest BCUT2D eigenvalue weighted by Gasteiger charge is 2.46. The van der Waals surface area contributed by atoms with Crippen LogP contribution in [0.15, 0.2) is 128 Å². The molecule has 0 spiro atoms. The number of piperazine rings is 2. The van der Waals surface area contributed by atoms with Crippen LogP contribution in [0.1, 0.15) is 45.2 Å². The van der Waals surface area contributed by atoms with Crippen LogP contribution in [0.3, 0.4) is 0 Å². The van der Waals surface area contributed by atoms with E-state index < -0.39 is 37.9 Å². The number of hydrogen-bond acceptors (Lipinski definition) is 13. The summed E-state index contributed by atoms with van der Waals surface area (Å²) in [5.74, 6) is -1.68. The fourth-order valence-corrected chi connectivity index (χ4v) is 14.8. The molecule has 4 aromatic carbocycles. The van der Waals surface area contributed by atoms with Gasteiger partial charge in [-0.1, -0.05) is 36.4 Å². The minimum Gasteiger partial charge on any atom is -0.497 e. The maximum Gasteiger partial charge on any atom is 0.308 e. The summed E-state index contributed by atoms with van der Waals surface area (Å²) in [5.41, 5.74) is 9.72. The van der Waals surface area contributed by atoms with Crippen molar-refractivity contribution in [2.75, 3.05) is 103 Å². The zero-order valence-electron chi connectivity index (χ0n) is 43.4. The van der Waals surface area contributed by atoms with Crippen molar-refractivity contribution >= 4 is 66.0 Å². The van der Waals surface area contributed by atoms with E-state index in [1.807, 2.05) is 38.6 Å². The zero-order valence-corrected chi connectivity index (χ0v) is 46.7. The van der Waals surface area contributed by atoms with Gasteiger partial charge in [-0.3, -0.25) is 9.59 Å². The number of ether oxygens (including phenoxy) is 2. The van der Waals surface area contributed by atoms with E-state index in [9.17, 15) is 31.5 Å². The largest absolute Gasteiger partial charge is 0.497 e. The molecule has 400 valence electrons. The Balaban J connectivity index is 0.000000167. The number of sulfonamides is 2. The molecule has 10 rings (SSSR count). The van der Waals surface area contributed by atoms with Gasteiger partial charge in [-0.15, -0.1) is 0 Å². The predicted molar refractivity (Wildman–Crippen MR) is 298 cm³/mol. The Hall–Kier alpha value is -5.80. The SMILES string of the molecule is COc1cccc(S(=O)(=O)N2C[C@@H](C(=O)N3CCN(c4cc(C)ccc4C)CC3)[C@H](c3ccsc3)C2)c1.COc1cccc(S(=O)(=O)N2C[C@@H](C(=O)O)[C@H](c3ccsc3)C2)c1.Cc1ccc(C)c(N2CCNCC2)c1. The van der Waals surface area contributed by atoms with Gasteiger partial charge in [0.1, 0.15) is 11.5 Å². The molecular formula is C56H68N6O9S4. The first kappa shape index (κ1) is 55.4. The Labute approximate surface area is 450 Å². The number of anilines is 2. The lowest BCUT2D eigenvalue weighted by Crippen LogP contribution is -2.51. The number of amides is 1. The summed E-state index contributed by atoms with van der Waals surface area (Å²) in [6, 6.07) is 29.7. The summed E-state index contributed by atoms with van der Waals surface area (Å²) in [6.45, 7) is 16.4. The van der Waals surface area contributed by atoms with E-state index in [4.69, 9.17) is 9.47 Å². The highest BCUT2D eigenvalue weighted by atomic mass is 32.2. The second-order valence-corrected chi connectivity index (χ2v) is 24.9. The molecule has 0 bridgehead atoms. The number of carbonyl (C=O) groups excluding carboxylic acids is 1. The Bertz CT molecular complexity index is 3120. The van der Waals surface area contributed by atoms with E-state index in [1.54, 1.807) is 41.7 Å². The first-order chi connectivity index (χ1) is 36.0. The van der Waals surface area contributed by atoms with E-state index in [2.05, 4.69) is 79.2 Å². The zero-order chi connectivity index (χ0) is 53.4. The molecule has 4 fully saturated rings. The van der Waals surface area contributed by atoms with Crippen LogP contribution in [0.5, 0.6) is 11.5 Å². The monoisotopic (exact) mass is 1100 g/mol. The molecule has 0 aliphatic carbocycles. The Morgan fingerprint density at radius 3 is 1.47 bits per heavy atom. The fourth-order valence-electron chi connectivity index (χ4n) is 10.3. The number of aryl methyl sites for hydroxylation is 4. The Morgan fingerprint density at radius 2 is 1.03 bits per heavy atom. The molecular weight excluding hydrogens is 1030 g/mol. The number of nitrogens with one attached hydrogen (secondary N) is 1. The van der Waals surface area contributed by atoms with Gasteiger partial charge in [0, 0.05) is 114 Å². The number of thiophene rings is 2. The number of benzene rings is 4. The third-order valence-corrected chi connectivity index (χ3v) is 19.7. The number of carbonyl (C=O) groups is 2. The van der Waals surface area contributed by atoms with Gasteiger partial charge in [-0.25, -0.2) is 16.8 Å². The van der Waals surface area contributed by atoms with Crippen LogP contribution >= 0.6 is 22.7 Å². The van der Waals surface area contributed by atoms with Gasteiger partial charge in [-0.2, -0.15) is 31.3 Å². The third kappa shape index (κ3) is 12.9. The van der Waals surface area contributed by atoms with Gasteiger partial charge in [0.15, 0.2) is 0 Å². The second kappa shape index (κ2) is 24.5. The van der Waals surface area contributed by atoms with Gasteiger partial charge in [0.05, 0.1) is 35.8 Å². The van der Waals surface area contributed by atoms with Crippen molar-refractivity contribution < 1.29 is 41.0 Å². The second-order valence-electron chi connectivity index (χ2n) is 19.5. The molecule has 6 aromatic rings. The molecule has 4 aliphatic heterocycles. The number of aliphatic carboxylic acids is 1. The van der Waals surface area contributed by atoms with Gasteiger partial charge in [0.25, 0.3) is 0 Å². The third-order valence-electron chi connectivity index (χ3n) is 14.6. The normalized spacial score (nSPS) is 20.4. The average molecular weight is 1100 g/mol. The lowest BCUT2D eigenvalue weighted by atomic mass is 9.89. The molecule has 6 heterocycles. The Morgan fingerprint density at radius 1 is 0.573 bits per heavy atom. The van der Waals surface area contributed by atoms with Crippen molar-refractivity contribution in [1.82, 2.24) is 18.8 Å². The average Bonchev–Trinajstić information content (AvgIpc) is 4.29. The standard InChI is InChI=1S/C28H33N3O4S2.C16H17NO5S2.C12H18N2/c1-20-7-8-21(2)27(15-20)29-10-12-30(13-11-29)28(32)26-18-31(17-25(26)22-9-14-36-19-22)37(33,34)24-6-4-5-23(16-24)35-3;1-22-12-3-2-4-13(7-12)24(20,21)17-8-14(11-5-6-23-10-11)15(9-17)16(18)19;1-10-3-4-11(2)12(9-10)14-7-5-13-6-8-14/h4-9,14-16,19,25-26H,10-13,17-18H2,1-3H3;2-7,10,14-15H,8-9H2,1H3,(H,18,19);3-4,9,13H,5-8H2,1-2H3/t25-,26+;14-,15+;/m00./s1. The molecule has 2 aromatic heterocycles. The smallest absolute Gasteiger partial charge is 0.308 e. The van der Waals surface area contributed by atoms with Crippen LogP contribution in [-0.4, -0.2) is 140 Å². The number of hydrogen-bond donors (Lipinski definition) is 2. The van der Waals surface area contributed by atoms with Crippen molar-refractivity contribution in [1.29, 1.82) is 0 Å². The number of rotatable bonds is 12. The summed E-state index contributed by atoms with van der Waals surface area (Å²) < 4.78 is 65.9. The summed E-state index contributed by atoms with van der Waals surface area (Å²) in [7, 11) is -4.55. The minimum atomic E-state index is -3.77. The number of carboxylic acids is 1. The van der Waals surface area contributed by atoms with Crippen molar-refractivity contribution in [3.63, 3.8) is 0 Å². The summed E-state index contributed by atoms with van der Waals surface area (Å²) in [5, 5.41) is 20.6. The first-order valence-corrected chi connectivity index (χ1v) is 29.9. The molecule has 15 nitrogen and oxygen atoms in total. The van der Waals surface area contributed by atoms with Crippen LogP contribution in [0.25, 0.3) is 0 Å². The van der Waals surface area contributed by atoms with E-state index in [-0.39, 0.29) is 53.7 Å². The molecule has 4 aliphatic rings. The number of methoxy groups -OCH3 is 2. The van der Waals surface area contributed by atoms with Gasteiger partial charge in [0.2, 0.25) is 26.0 Å². The first-order valence-electron chi connectivity index (χ1n) is 25.2. The number of carboxylic acid groups (broad SMARTS) is 1. The molecule has 2 N–H and O–H groups in total. The van der Waals surface area contributed by atoms with Crippen LogP contribution < -0.4 is 24.6 Å². The van der Waals surface area contributed by atoms with Crippen molar-refractivity contribution in [3.8, 4) is 11.5 Å². The van der Waals surface area contributed by atoms with Gasteiger partial charge in [-0.05, 0) is 131 Å². The molecule has 4 saturated heterocycles. The van der Waals surface area contributed by atoms with Gasteiger partial charge < -0.3 is 34.6 Å². The lowest BCUT2D eigenvalue weighted by Gasteiger charge is -2.38.